The summed E-state index contributed by atoms with van der Waals surface area (Å²) in [6.45, 7) is 1.83. The van der Waals surface area contributed by atoms with E-state index in [2.05, 4.69) is 10.5 Å². The number of carbonyl (C=O) groups excluding carboxylic acids is 2. The first-order valence-electron chi connectivity index (χ1n) is 8.96. The molecule has 1 heterocycles. The van der Waals surface area contributed by atoms with E-state index < -0.39 is 5.97 Å². The number of thioether (sulfide) groups is 1. The first-order chi connectivity index (χ1) is 14.5. The van der Waals surface area contributed by atoms with Gasteiger partial charge in [0, 0.05) is 15.5 Å². The third-order valence-corrected chi connectivity index (χ3v) is 5.46. The van der Waals surface area contributed by atoms with Gasteiger partial charge in [0.1, 0.15) is 11.5 Å². The number of furan rings is 1. The lowest BCUT2D eigenvalue weighted by molar-refractivity contribution is -0.118. The van der Waals surface area contributed by atoms with E-state index in [4.69, 9.17) is 20.8 Å². The molecule has 30 heavy (non-hydrogen) atoms. The SMILES string of the molecule is COC(=O)c1cccc(-c2ccc(/C=N\NC(=O)CSc3ccc(Cl)cc3)o2)c1C. The lowest BCUT2D eigenvalue weighted by atomic mass is 10.0. The molecule has 0 aliphatic rings. The Balaban J connectivity index is 1.59. The number of nitrogens with zero attached hydrogens (tertiary/aromatic N) is 1. The first kappa shape index (κ1) is 21.7. The Morgan fingerprint density at radius 3 is 2.67 bits per heavy atom. The highest BCUT2D eigenvalue weighted by atomic mass is 35.5. The van der Waals surface area contributed by atoms with Gasteiger partial charge in [-0.25, -0.2) is 10.2 Å². The summed E-state index contributed by atoms with van der Waals surface area (Å²) in [5.74, 6) is 0.645. The molecule has 0 fully saturated rings. The molecule has 0 saturated carbocycles. The Labute approximate surface area is 183 Å². The smallest absolute Gasteiger partial charge is 0.338 e. The molecule has 154 valence electrons. The minimum absolute atomic E-state index is 0.224. The van der Waals surface area contributed by atoms with Gasteiger partial charge < -0.3 is 9.15 Å². The lowest BCUT2D eigenvalue weighted by Crippen LogP contribution is -2.19. The Bertz CT molecular complexity index is 1080. The van der Waals surface area contributed by atoms with E-state index in [0.29, 0.717) is 22.1 Å². The molecular formula is C22H19ClN2O4S. The van der Waals surface area contributed by atoms with Crippen LogP contribution in [0.2, 0.25) is 5.02 Å². The molecule has 1 aromatic heterocycles. The number of carbonyl (C=O) groups is 2. The van der Waals surface area contributed by atoms with Crippen molar-refractivity contribution in [3.05, 3.63) is 76.5 Å². The van der Waals surface area contributed by atoms with Crippen LogP contribution in [0, 0.1) is 6.92 Å². The van der Waals surface area contributed by atoms with Crippen LogP contribution in [0.25, 0.3) is 11.3 Å². The standard InChI is InChI=1S/C22H19ClN2O4S/c1-14-18(4-3-5-19(14)22(27)28-2)20-11-8-16(29-20)12-24-25-21(26)13-30-17-9-6-15(23)7-10-17/h3-12H,13H2,1-2H3,(H,25,26)/b24-12-. The molecule has 0 saturated heterocycles. The van der Waals surface area contributed by atoms with Crippen LogP contribution in [0.5, 0.6) is 0 Å². The van der Waals surface area contributed by atoms with Gasteiger partial charge in [0.15, 0.2) is 0 Å². The summed E-state index contributed by atoms with van der Waals surface area (Å²) in [6, 6.07) is 16.1. The summed E-state index contributed by atoms with van der Waals surface area (Å²) in [6.07, 6.45) is 1.42. The van der Waals surface area contributed by atoms with E-state index in [1.807, 2.05) is 25.1 Å². The van der Waals surface area contributed by atoms with E-state index >= 15 is 0 Å². The minimum Gasteiger partial charge on any atom is -0.465 e. The van der Waals surface area contributed by atoms with Crippen LogP contribution in [0.3, 0.4) is 0 Å². The van der Waals surface area contributed by atoms with Crippen molar-refractivity contribution in [2.45, 2.75) is 11.8 Å². The van der Waals surface area contributed by atoms with E-state index in [1.165, 1.54) is 25.1 Å². The normalized spacial score (nSPS) is 10.9. The van der Waals surface area contributed by atoms with Crippen LogP contribution < -0.4 is 5.43 Å². The largest absolute Gasteiger partial charge is 0.465 e. The maximum Gasteiger partial charge on any atom is 0.338 e. The number of hydrogen-bond acceptors (Lipinski definition) is 6. The third kappa shape index (κ3) is 5.52. The van der Waals surface area contributed by atoms with Crippen LogP contribution in [-0.2, 0) is 9.53 Å². The molecule has 3 rings (SSSR count). The van der Waals surface area contributed by atoms with Crippen LogP contribution in [0.15, 0.2) is 69.0 Å². The fraction of sp³-hybridized carbons (Fsp3) is 0.136. The minimum atomic E-state index is -0.401. The number of benzene rings is 2. The van der Waals surface area contributed by atoms with E-state index in [-0.39, 0.29) is 11.7 Å². The Kier molecular flexibility index (Phi) is 7.32. The molecule has 0 radical (unpaired) electrons. The Hall–Kier alpha value is -3.03. The lowest BCUT2D eigenvalue weighted by Gasteiger charge is -2.07. The van der Waals surface area contributed by atoms with Crippen LogP contribution in [0.1, 0.15) is 21.7 Å². The van der Waals surface area contributed by atoms with Crippen molar-refractivity contribution in [3.63, 3.8) is 0 Å². The summed E-state index contributed by atoms with van der Waals surface area (Å²) in [5.41, 5.74) is 4.48. The molecule has 0 atom stereocenters. The van der Waals surface area contributed by atoms with Gasteiger partial charge in [0.2, 0.25) is 5.91 Å². The van der Waals surface area contributed by atoms with E-state index in [0.717, 1.165) is 16.0 Å². The predicted molar refractivity (Wildman–Crippen MR) is 118 cm³/mol. The molecule has 1 N–H and O–H groups in total. The monoisotopic (exact) mass is 442 g/mol. The van der Waals surface area contributed by atoms with Crippen LogP contribution in [0.4, 0.5) is 0 Å². The van der Waals surface area contributed by atoms with E-state index in [9.17, 15) is 9.59 Å². The summed E-state index contributed by atoms with van der Waals surface area (Å²) in [7, 11) is 1.35. The average Bonchev–Trinajstić information content (AvgIpc) is 3.21. The predicted octanol–water partition coefficient (Wildman–Crippen LogP) is 4.94. The number of nitrogens with one attached hydrogen (secondary N) is 1. The average molecular weight is 443 g/mol. The number of rotatable bonds is 7. The highest BCUT2D eigenvalue weighted by Crippen LogP contribution is 2.27. The summed E-state index contributed by atoms with van der Waals surface area (Å²) < 4.78 is 10.6. The van der Waals surface area contributed by atoms with Gasteiger partial charge in [0.05, 0.1) is 24.6 Å². The van der Waals surface area contributed by atoms with Crippen LogP contribution in [-0.4, -0.2) is 31.0 Å². The van der Waals surface area contributed by atoms with Crippen molar-refractivity contribution < 1.29 is 18.7 Å². The maximum atomic E-state index is 11.9. The molecule has 0 aliphatic heterocycles. The topological polar surface area (TPSA) is 80.9 Å². The summed E-state index contributed by atoms with van der Waals surface area (Å²) in [4.78, 5) is 24.7. The molecule has 1 amide bonds. The van der Waals surface area contributed by atoms with Gasteiger partial charge >= 0.3 is 5.97 Å². The Morgan fingerprint density at radius 2 is 1.93 bits per heavy atom. The zero-order valence-electron chi connectivity index (χ0n) is 16.3. The fourth-order valence-electron chi connectivity index (χ4n) is 2.68. The third-order valence-electron chi connectivity index (χ3n) is 4.20. The number of amides is 1. The zero-order valence-corrected chi connectivity index (χ0v) is 17.9. The van der Waals surface area contributed by atoms with E-state index in [1.54, 1.807) is 36.4 Å². The second-order valence-corrected chi connectivity index (χ2v) is 7.69. The second kappa shape index (κ2) is 10.1. The molecule has 0 aliphatic carbocycles. The molecule has 0 spiro atoms. The van der Waals surface area contributed by atoms with Crippen molar-refractivity contribution in [1.82, 2.24) is 5.43 Å². The van der Waals surface area contributed by atoms with Crippen molar-refractivity contribution in [2.24, 2.45) is 5.10 Å². The van der Waals surface area contributed by atoms with Gasteiger partial charge in [-0.1, -0.05) is 23.7 Å². The molecule has 0 unspecified atom stereocenters. The fourth-order valence-corrected chi connectivity index (χ4v) is 3.50. The van der Waals surface area contributed by atoms with Gasteiger partial charge in [-0.3, -0.25) is 4.79 Å². The molecular weight excluding hydrogens is 424 g/mol. The van der Waals surface area contributed by atoms with Crippen LogP contribution >= 0.6 is 23.4 Å². The van der Waals surface area contributed by atoms with Gasteiger partial charge in [0.25, 0.3) is 0 Å². The number of halogens is 1. The van der Waals surface area contributed by atoms with Gasteiger partial charge in [-0.15, -0.1) is 11.8 Å². The maximum absolute atomic E-state index is 11.9. The number of ether oxygens (including phenoxy) is 1. The highest BCUT2D eigenvalue weighted by Gasteiger charge is 2.14. The molecule has 3 aromatic rings. The van der Waals surface area contributed by atoms with Crippen molar-refractivity contribution in [1.29, 1.82) is 0 Å². The zero-order chi connectivity index (χ0) is 21.5. The molecule has 0 bridgehead atoms. The molecule has 2 aromatic carbocycles. The number of esters is 1. The highest BCUT2D eigenvalue weighted by molar-refractivity contribution is 8.00. The van der Waals surface area contributed by atoms with Crippen molar-refractivity contribution in [3.8, 4) is 11.3 Å². The Morgan fingerprint density at radius 1 is 1.17 bits per heavy atom. The summed E-state index contributed by atoms with van der Waals surface area (Å²) in [5, 5.41) is 4.58. The van der Waals surface area contributed by atoms with Gasteiger partial charge in [-0.2, -0.15) is 5.10 Å². The van der Waals surface area contributed by atoms with Crippen molar-refractivity contribution >= 4 is 41.5 Å². The molecule has 6 nitrogen and oxygen atoms in total. The quantitative estimate of drug-likeness (QED) is 0.242. The second-order valence-electron chi connectivity index (χ2n) is 6.21. The number of hydrazone groups is 1. The van der Waals surface area contributed by atoms with Crippen molar-refractivity contribution in [2.75, 3.05) is 12.9 Å². The van der Waals surface area contributed by atoms with Gasteiger partial charge in [-0.05, 0) is 55.0 Å². The number of methoxy groups -OCH3 is 1. The summed E-state index contributed by atoms with van der Waals surface area (Å²) >= 11 is 7.23. The molecule has 8 heteroatoms. The number of hydrogen-bond donors (Lipinski definition) is 1. The first-order valence-corrected chi connectivity index (χ1v) is 10.3.